The van der Waals surface area contributed by atoms with Crippen LogP contribution in [0.2, 0.25) is 0 Å². The summed E-state index contributed by atoms with van der Waals surface area (Å²) in [5.41, 5.74) is 1.66. The van der Waals surface area contributed by atoms with Gasteiger partial charge < -0.3 is 15.0 Å². The van der Waals surface area contributed by atoms with Crippen LogP contribution >= 0.6 is 11.3 Å². The standard InChI is InChI=1S/C20H19N3O2S/c24-14-18-19(22-20(26-18)23-12-10-21-11-13-23)15-6-8-17(9-7-15)25-16-4-2-1-3-5-16/h1-9,14,21H,10-13H2. The highest BCUT2D eigenvalue weighted by molar-refractivity contribution is 7.17. The molecule has 0 radical (unpaired) electrons. The van der Waals surface area contributed by atoms with Crippen LogP contribution in [0, 0.1) is 0 Å². The molecule has 1 saturated heterocycles. The Bertz CT molecular complexity index is 872. The van der Waals surface area contributed by atoms with E-state index >= 15 is 0 Å². The Hall–Kier alpha value is -2.70. The van der Waals surface area contributed by atoms with E-state index in [1.54, 1.807) is 0 Å². The van der Waals surface area contributed by atoms with Crippen LogP contribution in [0.25, 0.3) is 11.3 Å². The van der Waals surface area contributed by atoms with Gasteiger partial charge in [-0.1, -0.05) is 29.5 Å². The van der Waals surface area contributed by atoms with Crippen LogP contribution < -0.4 is 15.0 Å². The average Bonchev–Trinajstić information content (AvgIpc) is 3.15. The second kappa shape index (κ2) is 7.68. The van der Waals surface area contributed by atoms with E-state index in [1.165, 1.54) is 11.3 Å². The van der Waals surface area contributed by atoms with Gasteiger partial charge in [0, 0.05) is 31.7 Å². The molecule has 2 heterocycles. The SMILES string of the molecule is O=Cc1sc(N2CCNCC2)nc1-c1ccc(Oc2ccccc2)cc1. The zero-order valence-corrected chi connectivity index (χ0v) is 15.0. The maximum Gasteiger partial charge on any atom is 0.186 e. The zero-order chi connectivity index (χ0) is 17.8. The molecular formula is C20H19N3O2S. The number of hydrogen-bond acceptors (Lipinski definition) is 6. The molecule has 1 aliphatic heterocycles. The third-order valence-electron chi connectivity index (χ3n) is 4.24. The molecule has 1 aromatic heterocycles. The normalized spacial score (nSPS) is 14.2. The Kier molecular flexibility index (Phi) is 4.95. The Morgan fingerprint density at radius 2 is 1.69 bits per heavy atom. The molecule has 2 aromatic carbocycles. The number of piperazine rings is 1. The van der Waals surface area contributed by atoms with E-state index in [9.17, 15) is 4.79 Å². The highest BCUT2D eigenvalue weighted by Gasteiger charge is 2.18. The van der Waals surface area contributed by atoms with E-state index in [-0.39, 0.29) is 0 Å². The highest BCUT2D eigenvalue weighted by atomic mass is 32.1. The predicted molar refractivity (Wildman–Crippen MR) is 105 cm³/mol. The van der Waals surface area contributed by atoms with E-state index in [0.29, 0.717) is 4.88 Å². The molecule has 26 heavy (non-hydrogen) atoms. The lowest BCUT2D eigenvalue weighted by Crippen LogP contribution is -2.43. The number of carbonyl (C=O) groups is 1. The van der Waals surface area contributed by atoms with Gasteiger partial charge in [0.25, 0.3) is 0 Å². The third kappa shape index (κ3) is 3.61. The molecule has 0 saturated carbocycles. The lowest BCUT2D eigenvalue weighted by atomic mass is 10.1. The number of para-hydroxylation sites is 1. The van der Waals surface area contributed by atoms with Crippen molar-refractivity contribution in [2.24, 2.45) is 0 Å². The van der Waals surface area contributed by atoms with Gasteiger partial charge in [-0.3, -0.25) is 4.79 Å². The van der Waals surface area contributed by atoms with Crippen molar-refractivity contribution in [3.05, 3.63) is 59.5 Å². The van der Waals surface area contributed by atoms with Gasteiger partial charge in [-0.2, -0.15) is 0 Å². The van der Waals surface area contributed by atoms with Crippen LogP contribution in [0.1, 0.15) is 9.67 Å². The Morgan fingerprint density at radius 1 is 1.00 bits per heavy atom. The minimum atomic E-state index is 0.662. The fraction of sp³-hybridized carbons (Fsp3) is 0.200. The first-order valence-electron chi connectivity index (χ1n) is 8.58. The van der Waals surface area contributed by atoms with Crippen LogP contribution in [0.15, 0.2) is 54.6 Å². The summed E-state index contributed by atoms with van der Waals surface area (Å²) in [6, 6.07) is 17.4. The molecule has 6 heteroatoms. The fourth-order valence-corrected chi connectivity index (χ4v) is 3.86. The van der Waals surface area contributed by atoms with Crippen molar-refractivity contribution in [2.45, 2.75) is 0 Å². The number of aldehydes is 1. The average molecular weight is 365 g/mol. The molecule has 0 unspecified atom stereocenters. The summed E-state index contributed by atoms with van der Waals surface area (Å²) in [6.07, 6.45) is 0.896. The third-order valence-corrected chi connectivity index (χ3v) is 5.28. The van der Waals surface area contributed by atoms with Gasteiger partial charge in [0.2, 0.25) is 0 Å². The van der Waals surface area contributed by atoms with Gasteiger partial charge in [0.05, 0.1) is 10.6 Å². The first-order chi connectivity index (χ1) is 12.8. The molecule has 0 spiro atoms. The second-order valence-electron chi connectivity index (χ2n) is 6.00. The molecule has 1 aliphatic rings. The number of nitrogens with one attached hydrogen (secondary N) is 1. The Morgan fingerprint density at radius 3 is 2.38 bits per heavy atom. The number of nitrogens with zero attached hydrogens (tertiary/aromatic N) is 2. The van der Waals surface area contributed by atoms with Crippen molar-refractivity contribution >= 4 is 22.8 Å². The maximum absolute atomic E-state index is 11.5. The van der Waals surface area contributed by atoms with Gasteiger partial charge in [0.15, 0.2) is 11.4 Å². The molecule has 132 valence electrons. The van der Waals surface area contributed by atoms with Crippen LogP contribution in [-0.4, -0.2) is 37.4 Å². The minimum Gasteiger partial charge on any atom is -0.457 e. The smallest absolute Gasteiger partial charge is 0.186 e. The second-order valence-corrected chi connectivity index (χ2v) is 7.01. The fourth-order valence-electron chi connectivity index (χ4n) is 2.90. The summed E-state index contributed by atoms with van der Waals surface area (Å²) in [5.74, 6) is 1.55. The number of ether oxygens (including phenoxy) is 1. The van der Waals surface area contributed by atoms with Gasteiger partial charge in [0.1, 0.15) is 11.5 Å². The van der Waals surface area contributed by atoms with Crippen LogP contribution in [0.5, 0.6) is 11.5 Å². The summed E-state index contributed by atoms with van der Waals surface area (Å²) < 4.78 is 5.82. The minimum absolute atomic E-state index is 0.662. The lowest BCUT2D eigenvalue weighted by Gasteiger charge is -2.26. The summed E-state index contributed by atoms with van der Waals surface area (Å²) in [4.78, 5) is 19.1. The number of carbonyl (C=O) groups excluding carboxylic acids is 1. The summed E-state index contributed by atoms with van der Waals surface area (Å²) in [5, 5.41) is 4.24. The Balaban J connectivity index is 1.56. The number of benzene rings is 2. The van der Waals surface area contributed by atoms with Crippen LogP contribution in [0.4, 0.5) is 5.13 Å². The number of rotatable bonds is 5. The molecule has 5 nitrogen and oxygen atoms in total. The molecule has 0 amide bonds. The van der Waals surface area contributed by atoms with Crippen molar-refractivity contribution in [3.8, 4) is 22.8 Å². The Labute approximate surface area is 156 Å². The number of aromatic nitrogens is 1. The largest absolute Gasteiger partial charge is 0.457 e. The summed E-state index contributed by atoms with van der Waals surface area (Å²) in [6.45, 7) is 3.71. The number of hydrogen-bond donors (Lipinski definition) is 1. The van der Waals surface area contributed by atoms with E-state index in [0.717, 1.165) is 60.4 Å². The lowest BCUT2D eigenvalue weighted by molar-refractivity contribution is 0.112. The zero-order valence-electron chi connectivity index (χ0n) is 14.2. The first kappa shape index (κ1) is 16.8. The van der Waals surface area contributed by atoms with Gasteiger partial charge in [-0.05, 0) is 36.4 Å². The predicted octanol–water partition coefficient (Wildman–Crippen LogP) is 3.82. The van der Waals surface area contributed by atoms with E-state index in [4.69, 9.17) is 9.72 Å². The monoisotopic (exact) mass is 365 g/mol. The highest BCUT2D eigenvalue weighted by Crippen LogP contribution is 2.33. The molecule has 1 fully saturated rings. The van der Waals surface area contributed by atoms with Gasteiger partial charge in [-0.15, -0.1) is 0 Å². The quantitative estimate of drug-likeness (QED) is 0.697. The van der Waals surface area contributed by atoms with Crippen molar-refractivity contribution in [1.82, 2.24) is 10.3 Å². The molecule has 1 N–H and O–H groups in total. The topological polar surface area (TPSA) is 54.5 Å². The van der Waals surface area contributed by atoms with E-state index in [2.05, 4.69) is 10.2 Å². The van der Waals surface area contributed by atoms with E-state index in [1.807, 2.05) is 54.6 Å². The van der Waals surface area contributed by atoms with Crippen LogP contribution in [-0.2, 0) is 0 Å². The molecule has 3 aromatic rings. The summed E-state index contributed by atoms with van der Waals surface area (Å²) in [7, 11) is 0. The molecular weight excluding hydrogens is 346 g/mol. The molecule has 4 rings (SSSR count). The summed E-state index contributed by atoms with van der Waals surface area (Å²) >= 11 is 1.46. The first-order valence-corrected chi connectivity index (χ1v) is 9.40. The van der Waals surface area contributed by atoms with Gasteiger partial charge in [-0.25, -0.2) is 4.98 Å². The van der Waals surface area contributed by atoms with Crippen molar-refractivity contribution in [1.29, 1.82) is 0 Å². The van der Waals surface area contributed by atoms with Gasteiger partial charge >= 0.3 is 0 Å². The van der Waals surface area contributed by atoms with Crippen molar-refractivity contribution in [3.63, 3.8) is 0 Å². The number of thiazole rings is 1. The van der Waals surface area contributed by atoms with Crippen LogP contribution in [0.3, 0.4) is 0 Å². The van der Waals surface area contributed by atoms with Crippen molar-refractivity contribution < 1.29 is 9.53 Å². The van der Waals surface area contributed by atoms with E-state index < -0.39 is 0 Å². The molecule has 0 atom stereocenters. The maximum atomic E-state index is 11.5. The molecule has 0 aliphatic carbocycles. The van der Waals surface area contributed by atoms with Crippen molar-refractivity contribution in [2.75, 3.05) is 31.1 Å². The molecule has 0 bridgehead atoms. The number of anilines is 1.